The number of benzene rings is 1. The number of rotatable bonds is 1. The lowest BCUT2D eigenvalue weighted by Gasteiger charge is -2.09. The number of aryl methyl sites for hydroxylation is 1. The van der Waals surface area contributed by atoms with Crippen LogP contribution in [0.3, 0.4) is 0 Å². The molecule has 1 aromatic carbocycles. The Bertz CT molecular complexity index is 928. The van der Waals surface area contributed by atoms with Crippen molar-refractivity contribution in [2.75, 3.05) is 0 Å². The Morgan fingerprint density at radius 1 is 1.25 bits per heavy atom. The van der Waals surface area contributed by atoms with Crippen molar-refractivity contribution in [3.63, 3.8) is 0 Å². The number of aromatic nitrogens is 3. The van der Waals surface area contributed by atoms with E-state index in [1.165, 1.54) is 4.57 Å². The van der Waals surface area contributed by atoms with E-state index in [1.54, 1.807) is 30.5 Å². The van der Waals surface area contributed by atoms with Crippen LogP contribution in [-0.4, -0.2) is 14.5 Å². The predicted molar refractivity (Wildman–Crippen MR) is 80.4 cm³/mol. The monoisotopic (exact) mass is 331 g/mol. The fourth-order valence-electron chi connectivity index (χ4n) is 2.06. The molecule has 0 aliphatic carbocycles. The Balaban J connectivity index is 2.48. The van der Waals surface area contributed by atoms with Gasteiger partial charge < -0.3 is 4.98 Å². The summed E-state index contributed by atoms with van der Waals surface area (Å²) >= 11 is 3.36. The smallest absolute Gasteiger partial charge is 0.315 e. The van der Waals surface area contributed by atoms with Gasteiger partial charge in [-0.25, -0.2) is 4.98 Å². The lowest BCUT2D eigenvalue weighted by molar-refractivity contribution is 0.960. The maximum Gasteiger partial charge on any atom is 0.322 e. The van der Waals surface area contributed by atoms with E-state index >= 15 is 0 Å². The number of pyridine rings is 1. The molecule has 2 heterocycles. The quantitative estimate of drug-likeness (QED) is 0.694. The molecule has 5 nitrogen and oxygen atoms in total. The highest BCUT2D eigenvalue weighted by atomic mass is 79.9. The third-order valence-corrected chi connectivity index (χ3v) is 3.42. The highest BCUT2D eigenvalue weighted by Crippen LogP contribution is 2.17. The summed E-state index contributed by atoms with van der Waals surface area (Å²) in [5.41, 5.74) is 1.16. The second kappa shape index (κ2) is 4.72. The molecule has 0 bridgehead atoms. The molecule has 0 saturated heterocycles. The van der Waals surface area contributed by atoms with E-state index in [-0.39, 0.29) is 0 Å². The fourth-order valence-corrected chi connectivity index (χ4v) is 2.45. The first kappa shape index (κ1) is 12.8. The number of H-pyrrole nitrogens is 1. The largest absolute Gasteiger partial charge is 0.322 e. The summed E-state index contributed by atoms with van der Waals surface area (Å²) in [6.45, 7) is 1.87. The van der Waals surface area contributed by atoms with E-state index in [1.807, 2.05) is 13.0 Å². The van der Waals surface area contributed by atoms with Crippen LogP contribution in [0.15, 0.2) is 50.6 Å². The molecule has 0 aliphatic heterocycles. The van der Waals surface area contributed by atoms with Gasteiger partial charge >= 0.3 is 11.1 Å². The number of fused-ring (bicyclic) bond motifs is 1. The molecule has 0 unspecified atom stereocenters. The first-order valence-corrected chi connectivity index (χ1v) is 6.73. The molecule has 0 amide bonds. The molecular weight excluding hydrogens is 322 g/mol. The van der Waals surface area contributed by atoms with Crippen molar-refractivity contribution in [3.05, 3.63) is 67.3 Å². The summed E-state index contributed by atoms with van der Waals surface area (Å²) in [6, 6.07) is 8.96. The summed E-state index contributed by atoms with van der Waals surface area (Å²) in [5.74, 6) is 0. The van der Waals surface area contributed by atoms with E-state index < -0.39 is 11.1 Å². The van der Waals surface area contributed by atoms with Crippen LogP contribution in [0, 0.1) is 6.92 Å². The van der Waals surface area contributed by atoms with Crippen LogP contribution >= 0.6 is 15.9 Å². The Morgan fingerprint density at radius 2 is 2.05 bits per heavy atom. The van der Waals surface area contributed by atoms with Crippen molar-refractivity contribution in [2.24, 2.45) is 0 Å². The van der Waals surface area contributed by atoms with Gasteiger partial charge in [-0.2, -0.15) is 0 Å². The van der Waals surface area contributed by atoms with Gasteiger partial charge in [0.05, 0.1) is 11.2 Å². The zero-order valence-corrected chi connectivity index (χ0v) is 12.1. The first-order valence-electron chi connectivity index (χ1n) is 5.94. The molecule has 0 aliphatic rings. The molecule has 20 heavy (non-hydrogen) atoms. The summed E-state index contributed by atoms with van der Waals surface area (Å²) in [4.78, 5) is 30.8. The van der Waals surface area contributed by atoms with Gasteiger partial charge in [-0.05, 0) is 36.8 Å². The summed E-state index contributed by atoms with van der Waals surface area (Å²) < 4.78 is 2.14. The van der Waals surface area contributed by atoms with Gasteiger partial charge in [0.25, 0.3) is 0 Å². The van der Waals surface area contributed by atoms with E-state index in [0.29, 0.717) is 16.9 Å². The molecule has 3 aromatic rings. The molecule has 0 radical (unpaired) electrons. The van der Waals surface area contributed by atoms with E-state index in [2.05, 4.69) is 25.9 Å². The lowest BCUT2D eigenvalue weighted by Crippen LogP contribution is -2.35. The fraction of sp³-hybridized carbons (Fsp3) is 0.0714. The lowest BCUT2D eigenvalue weighted by atomic mass is 10.2. The Morgan fingerprint density at radius 3 is 2.80 bits per heavy atom. The number of nitrogens with zero attached hydrogens (tertiary/aromatic N) is 2. The van der Waals surface area contributed by atoms with Crippen LogP contribution in [0.5, 0.6) is 0 Å². The minimum Gasteiger partial charge on any atom is -0.315 e. The van der Waals surface area contributed by atoms with Crippen LogP contribution in [0.25, 0.3) is 16.9 Å². The Hall–Kier alpha value is -2.21. The highest BCUT2D eigenvalue weighted by molar-refractivity contribution is 9.10. The zero-order valence-electron chi connectivity index (χ0n) is 10.6. The van der Waals surface area contributed by atoms with E-state index in [4.69, 9.17) is 0 Å². The van der Waals surface area contributed by atoms with Gasteiger partial charge in [-0.3, -0.25) is 14.2 Å². The maximum atomic E-state index is 12.1. The van der Waals surface area contributed by atoms with Crippen molar-refractivity contribution in [1.29, 1.82) is 0 Å². The second-order valence-electron chi connectivity index (χ2n) is 4.46. The van der Waals surface area contributed by atoms with Crippen LogP contribution in [0.4, 0.5) is 0 Å². The van der Waals surface area contributed by atoms with Crippen molar-refractivity contribution in [1.82, 2.24) is 14.5 Å². The third kappa shape index (κ3) is 2.08. The number of hydrogen-bond donors (Lipinski definition) is 1. The number of aromatic amines is 1. The van der Waals surface area contributed by atoms with E-state index in [9.17, 15) is 9.59 Å². The van der Waals surface area contributed by atoms with Gasteiger partial charge in [0.2, 0.25) is 0 Å². The molecule has 0 fully saturated rings. The van der Waals surface area contributed by atoms with Crippen LogP contribution in [0.1, 0.15) is 5.56 Å². The molecule has 0 saturated carbocycles. The van der Waals surface area contributed by atoms with E-state index in [0.717, 1.165) is 10.0 Å². The number of halogens is 1. The highest BCUT2D eigenvalue weighted by Gasteiger charge is 2.11. The van der Waals surface area contributed by atoms with Crippen molar-refractivity contribution < 1.29 is 0 Å². The van der Waals surface area contributed by atoms with Crippen LogP contribution < -0.4 is 11.1 Å². The molecule has 100 valence electrons. The topological polar surface area (TPSA) is 67.8 Å². The van der Waals surface area contributed by atoms with Crippen LogP contribution in [0.2, 0.25) is 0 Å². The number of nitrogens with one attached hydrogen (secondary N) is 1. The second-order valence-corrected chi connectivity index (χ2v) is 5.37. The third-order valence-electron chi connectivity index (χ3n) is 2.93. The van der Waals surface area contributed by atoms with Crippen molar-refractivity contribution in [3.8, 4) is 5.69 Å². The summed E-state index contributed by atoms with van der Waals surface area (Å²) in [7, 11) is 0. The van der Waals surface area contributed by atoms with Crippen LogP contribution in [-0.2, 0) is 0 Å². The predicted octanol–water partition coefficient (Wildman–Crippen LogP) is 2.14. The average molecular weight is 332 g/mol. The SMILES string of the molecule is Cc1cnc2c(c1)[nH]c(=O)c(=O)n2-c1cccc(Br)c1. The average Bonchev–Trinajstić information content (AvgIpc) is 2.40. The molecular formula is C14H10BrN3O2. The first-order chi connectivity index (χ1) is 9.56. The van der Waals surface area contributed by atoms with Gasteiger partial charge in [-0.15, -0.1) is 0 Å². The van der Waals surface area contributed by atoms with Gasteiger partial charge in [0, 0.05) is 10.7 Å². The molecule has 0 spiro atoms. The van der Waals surface area contributed by atoms with Gasteiger partial charge in [0.15, 0.2) is 5.65 Å². The minimum absolute atomic E-state index is 0.429. The standard InChI is InChI=1S/C14H10BrN3O2/c1-8-5-11-12(16-7-8)18(14(20)13(19)17-11)10-4-2-3-9(15)6-10/h2-7H,1H3,(H,17,19). The van der Waals surface area contributed by atoms with Gasteiger partial charge in [0.1, 0.15) is 0 Å². The molecule has 1 N–H and O–H groups in total. The normalized spacial score (nSPS) is 10.9. The summed E-state index contributed by atoms with van der Waals surface area (Å²) in [6.07, 6.45) is 1.66. The zero-order chi connectivity index (χ0) is 14.3. The molecule has 0 atom stereocenters. The molecule has 6 heteroatoms. The van der Waals surface area contributed by atoms with Crippen molar-refractivity contribution >= 4 is 27.1 Å². The minimum atomic E-state index is -0.662. The molecule has 3 rings (SSSR count). The Labute approximate surface area is 122 Å². The number of hydrogen-bond acceptors (Lipinski definition) is 3. The van der Waals surface area contributed by atoms with Gasteiger partial charge in [-0.1, -0.05) is 22.0 Å². The Kier molecular flexibility index (Phi) is 3.02. The molecule has 2 aromatic heterocycles. The van der Waals surface area contributed by atoms with Crippen molar-refractivity contribution in [2.45, 2.75) is 6.92 Å². The maximum absolute atomic E-state index is 12.1. The summed E-state index contributed by atoms with van der Waals surface area (Å²) in [5, 5.41) is 0.